The van der Waals surface area contributed by atoms with Crippen molar-refractivity contribution in [2.24, 2.45) is 0 Å². The van der Waals surface area contributed by atoms with E-state index in [9.17, 15) is 5.26 Å². The van der Waals surface area contributed by atoms with Crippen LogP contribution in [-0.4, -0.2) is 9.78 Å². The van der Waals surface area contributed by atoms with Crippen LogP contribution in [-0.2, 0) is 6.61 Å². The predicted octanol–water partition coefficient (Wildman–Crippen LogP) is 3.50. The number of anilines is 1. The summed E-state index contributed by atoms with van der Waals surface area (Å²) in [5.41, 5.74) is 9.77. The molecule has 22 heavy (non-hydrogen) atoms. The highest BCUT2D eigenvalue weighted by atomic mass is 16.5. The van der Waals surface area contributed by atoms with Gasteiger partial charge in [0.1, 0.15) is 18.5 Å². The van der Waals surface area contributed by atoms with E-state index in [0.29, 0.717) is 23.9 Å². The molecule has 5 nitrogen and oxygen atoms in total. The number of aryl methyl sites for hydroxylation is 2. The number of nitriles is 1. The average Bonchev–Trinajstić information content (AvgIpc) is 2.81. The Labute approximate surface area is 131 Å². The third-order valence-corrected chi connectivity index (χ3v) is 3.90. The van der Waals surface area contributed by atoms with Crippen LogP contribution >= 0.6 is 0 Å². The van der Waals surface area contributed by atoms with Gasteiger partial charge in [0.2, 0.25) is 0 Å². The number of nitrogens with zero attached hydrogens (tertiary/aromatic N) is 3. The summed E-state index contributed by atoms with van der Waals surface area (Å²) < 4.78 is 7.42. The molecule has 1 atom stereocenters. The number of benzene rings is 1. The van der Waals surface area contributed by atoms with Gasteiger partial charge in [-0.05, 0) is 38.3 Å². The third kappa shape index (κ3) is 3.06. The summed E-state index contributed by atoms with van der Waals surface area (Å²) in [6, 6.07) is 8.41. The largest absolute Gasteiger partial charge is 0.471 e. The topological polar surface area (TPSA) is 76.9 Å². The Bertz CT molecular complexity index is 712. The molecular weight excluding hydrogens is 276 g/mol. The average molecular weight is 298 g/mol. The molecule has 1 aromatic heterocycles. The van der Waals surface area contributed by atoms with Crippen molar-refractivity contribution in [2.75, 3.05) is 5.73 Å². The lowest BCUT2D eigenvalue weighted by atomic mass is 10.1. The zero-order valence-corrected chi connectivity index (χ0v) is 13.6. The third-order valence-electron chi connectivity index (χ3n) is 3.90. The number of nitrogens with two attached hydrogens (primary N) is 1. The Morgan fingerprint density at radius 2 is 2.14 bits per heavy atom. The lowest BCUT2D eigenvalue weighted by molar-refractivity contribution is 0.285. The fourth-order valence-electron chi connectivity index (χ4n) is 2.29. The quantitative estimate of drug-likeness (QED) is 0.916. The molecule has 0 saturated carbocycles. The van der Waals surface area contributed by atoms with Gasteiger partial charge in [-0.2, -0.15) is 5.26 Å². The highest BCUT2D eigenvalue weighted by molar-refractivity contribution is 5.55. The number of nitrogen functional groups attached to an aromatic ring is 1. The monoisotopic (exact) mass is 298 g/mol. The molecule has 0 amide bonds. The van der Waals surface area contributed by atoms with Crippen molar-refractivity contribution in [1.82, 2.24) is 9.78 Å². The van der Waals surface area contributed by atoms with Crippen LogP contribution in [0.5, 0.6) is 5.88 Å². The van der Waals surface area contributed by atoms with Gasteiger partial charge in [-0.3, -0.25) is 0 Å². The minimum Gasteiger partial charge on any atom is -0.471 e. The van der Waals surface area contributed by atoms with Gasteiger partial charge in [0.25, 0.3) is 5.88 Å². The van der Waals surface area contributed by atoms with Crippen molar-refractivity contribution >= 4 is 5.82 Å². The highest BCUT2D eigenvalue weighted by Crippen LogP contribution is 2.27. The van der Waals surface area contributed by atoms with Crippen molar-refractivity contribution in [1.29, 1.82) is 5.26 Å². The smallest absolute Gasteiger partial charge is 0.253 e. The van der Waals surface area contributed by atoms with Gasteiger partial charge >= 0.3 is 0 Å². The number of hydrogen-bond donors (Lipinski definition) is 1. The van der Waals surface area contributed by atoms with Crippen molar-refractivity contribution in [3.63, 3.8) is 0 Å². The maximum Gasteiger partial charge on any atom is 0.253 e. The Morgan fingerprint density at radius 1 is 1.41 bits per heavy atom. The lowest BCUT2D eigenvalue weighted by Gasteiger charge is -2.10. The first-order chi connectivity index (χ1) is 10.5. The second kappa shape index (κ2) is 6.52. The Morgan fingerprint density at radius 3 is 2.73 bits per heavy atom. The molecule has 5 heteroatoms. The molecule has 0 aliphatic heterocycles. The Hall–Kier alpha value is -2.48. The van der Waals surface area contributed by atoms with Gasteiger partial charge in [-0.25, -0.2) is 4.68 Å². The van der Waals surface area contributed by atoms with Crippen LogP contribution in [0.3, 0.4) is 0 Å². The summed E-state index contributed by atoms with van der Waals surface area (Å²) >= 11 is 0. The van der Waals surface area contributed by atoms with Crippen LogP contribution in [0.25, 0.3) is 0 Å². The first-order valence-corrected chi connectivity index (χ1v) is 7.44. The fraction of sp³-hybridized carbons (Fsp3) is 0.412. The number of aromatic nitrogens is 2. The van der Waals surface area contributed by atoms with Gasteiger partial charge in [-0.15, -0.1) is 5.10 Å². The molecule has 0 saturated heterocycles. The fourth-order valence-corrected chi connectivity index (χ4v) is 2.29. The molecule has 0 fully saturated rings. The van der Waals surface area contributed by atoms with Crippen molar-refractivity contribution in [3.8, 4) is 11.9 Å². The van der Waals surface area contributed by atoms with Crippen LogP contribution in [0.1, 0.15) is 48.6 Å². The molecule has 1 heterocycles. The predicted molar refractivity (Wildman–Crippen MR) is 86.6 cm³/mol. The lowest BCUT2D eigenvalue weighted by Crippen LogP contribution is -2.09. The SMILES string of the molecule is CCC(C)n1nc(OCc2ccc(C)cc2C)c(C#N)c1N. The van der Waals surface area contributed by atoms with E-state index >= 15 is 0 Å². The van der Waals surface area contributed by atoms with E-state index in [-0.39, 0.29) is 6.04 Å². The van der Waals surface area contributed by atoms with Crippen LogP contribution in [0.4, 0.5) is 5.82 Å². The molecule has 0 aliphatic rings. The minimum absolute atomic E-state index is 0.130. The summed E-state index contributed by atoms with van der Waals surface area (Å²) in [6.07, 6.45) is 0.882. The molecule has 2 N–H and O–H groups in total. The number of ether oxygens (including phenoxy) is 1. The van der Waals surface area contributed by atoms with Crippen LogP contribution in [0, 0.1) is 25.2 Å². The summed E-state index contributed by atoms with van der Waals surface area (Å²) in [5, 5.41) is 13.7. The molecule has 2 aromatic rings. The van der Waals surface area contributed by atoms with E-state index in [2.05, 4.69) is 24.2 Å². The Kier molecular flexibility index (Phi) is 4.71. The molecule has 0 radical (unpaired) electrons. The molecule has 0 spiro atoms. The van der Waals surface area contributed by atoms with Crippen molar-refractivity contribution < 1.29 is 4.74 Å². The second-order valence-corrected chi connectivity index (χ2v) is 5.60. The summed E-state index contributed by atoms with van der Waals surface area (Å²) in [5.74, 6) is 0.674. The van der Waals surface area contributed by atoms with Gasteiger partial charge in [0.05, 0.1) is 6.04 Å². The zero-order valence-electron chi connectivity index (χ0n) is 13.6. The normalized spacial score (nSPS) is 12.0. The van der Waals surface area contributed by atoms with Crippen LogP contribution < -0.4 is 10.5 Å². The number of hydrogen-bond acceptors (Lipinski definition) is 4. The van der Waals surface area contributed by atoms with E-state index < -0.39 is 0 Å². The van der Waals surface area contributed by atoms with E-state index in [4.69, 9.17) is 10.5 Å². The molecular formula is C17H22N4O. The first-order valence-electron chi connectivity index (χ1n) is 7.44. The van der Waals surface area contributed by atoms with Crippen LogP contribution in [0.2, 0.25) is 0 Å². The van der Waals surface area contributed by atoms with Crippen LogP contribution in [0.15, 0.2) is 18.2 Å². The standard InChI is InChI=1S/C17H22N4O/c1-5-13(4)21-16(19)15(9-18)17(20-21)22-10-14-7-6-11(2)8-12(14)3/h6-8,13H,5,10,19H2,1-4H3. The van der Waals surface area contributed by atoms with Gasteiger partial charge in [-0.1, -0.05) is 30.7 Å². The minimum atomic E-state index is 0.130. The molecule has 1 aromatic carbocycles. The van der Waals surface area contributed by atoms with E-state index in [1.165, 1.54) is 5.56 Å². The second-order valence-electron chi connectivity index (χ2n) is 5.60. The van der Waals surface area contributed by atoms with Gasteiger partial charge in [0, 0.05) is 0 Å². The maximum absolute atomic E-state index is 9.29. The molecule has 2 rings (SSSR count). The van der Waals surface area contributed by atoms with Gasteiger partial charge < -0.3 is 10.5 Å². The van der Waals surface area contributed by atoms with E-state index in [0.717, 1.165) is 17.5 Å². The van der Waals surface area contributed by atoms with E-state index in [1.807, 2.05) is 32.9 Å². The van der Waals surface area contributed by atoms with E-state index in [1.54, 1.807) is 4.68 Å². The summed E-state index contributed by atoms with van der Waals surface area (Å²) in [7, 11) is 0. The summed E-state index contributed by atoms with van der Waals surface area (Å²) in [4.78, 5) is 0. The first kappa shape index (κ1) is 15.9. The van der Waals surface area contributed by atoms with Crippen molar-refractivity contribution in [3.05, 3.63) is 40.5 Å². The Balaban J connectivity index is 2.24. The molecule has 116 valence electrons. The summed E-state index contributed by atoms with van der Waals surface area (Å²) in [6.45, 7) is 8.53. The number of rotatable bonds is 5. The van der Waals surface area contributed by atoms with Crippen molar-refractivity contribution in [2.45, 2.75) is 46.8 Å². The maximum atomic E-state index is 9.29. The zero-order chi connectivity index (χ0) is 16.3. The molecule has 1 unspecified atom stereocenters. The molecule has 0 bridgehead atoms. The highest BCUT2D eigenvalue weighted by Gasteiger charge is 2.19. The molecule has 0 aliphatic carbocycles. The van der Waals surface area contributed by atoms with Gasteiger partial charge in [0.15, 0.2) is 5.56 Å².